The number of nitrogens with zero attached hydrogens (tertiary/aromatic N) is 1. The van der Waals surface area contributed by atoms with Gasteiger partial charge in [0.1, 0.15) is 11.9 Å². The molecule has 3 aliphatic rings. The van der Waals surface area contributed by atoms with E-state index in [1.54, 1.807) is 12.1 Å². The fourth-order valence-corrected chi connectivity index (χ4v) is 6.17. The Labute approximate surface area is 223 Å². The van der Waals surface area contributed by atoms with E-state index in [0.29, 0.717) is 17.9 Å². The van der Waals surface area contributed by atoms with E-state index in [9.17, 15) is 14.6 Å². The van der Waals surface area contributed by atoms with Gasteiger partial charge in [0, 0.05) is 22.7 Å². The molecule has 2 atom stereocenters. The van der Waals surface area contributed by atoms with Crippen LogP contribution in [0.3, 0.4) is 0 Å². The van der Waals surface area contributed by atoms with E-state index < -0.39 is 12.2 Å². The van der Waals surface area contributed by atoms with E-state index in [4.69, 9.17) is 4.98 Å². The van der Waals surface area contributed by atoms with Crippen molar-refractivity contribution in [2.45, 2.75) is 117 Å². The third kappa shape index (κ3) is 6.34. The Kier molecular flexibility index (Phi) is 8.91. The molecule has 2 unspecified atom stereocenters. The molecule has 0 aliphatic heterocycles. The average Bonchev–Trinajstić information content (AvgIpc) is 3.57. The van der Waals surface area contributed by atoms with Crippen molar-refractivity contribution in [1.82, 2.24) is 4.98 Å². The summed E-state index contributed by atoms with van der Waals surface area (Å²) in [4.78, 5) is 5.22. The summed E-state index contributed by atoms with van der Waals surface area (Å²) >= 11 is 0. The molecule has 0 radical (unpaired) electrons. The van der Waals surface area contributed by atoms with Crippen LogP contribution in [0.5, 0.6) is 0 Å². The fraction of sp³-hybridized carbons (Fsp3) is 0.606. The zero-order valence-corrected chi connectivity index (χ0v) is 23.5. The SMILES string of the molecule is CC1(C)Cc2nc(C3CCCC3)c(C(O)c3ccc(F)cc3)c(C3=CCCC3)c2C(O)C1.CCC(C)C. The first-order valence-electron chi connectivity index (χ1n) is 14.5. The van der Waals surface area contributed by atoms with Gasteiger partial charge in [0.2, 0.25) is 0 Å². The van der Waals surface area contributed by atoms with Crippen molar-refractivity contribution in [3.8, 4) is 0 Å². The van der Waals surface area contributed by atoms with Gasteiger partial charge >= 0.3 is 0 Å². The number of hydrogen-bond acceptors (Lipinski definition) is 3. The van der Waals surface area contributed by atoms with Crippen LogP contribution in [0.2, 0.25) is 0 Å². The molecular weight excluding hydrogens is 461 g/mol. The van der Waals surface area contributed by atoms with Gasteiger partial charge in [0.15, 0.2) is 0 Å². The molecule has 2 aromatic rings. The molecule has 0 spiro atoms. The first-order chi connectivity index (χ1) is 17.6. The van der Waals surface area contributed by atoms with Crippen molar-refractivity contribution in [2.75, 3.05) is 0 Å². The van der Waals surface area contributed by atoms with Crippen LogP contribution < -0.4 is 0 Å². The summed E-state index contributed by atoms with van der Waals surface area (Å²) < 4.78 is 13.6. The highest BCUT2D eigenvalue weighted by atomic mass is 19.1. The zero-order chi connectivity index (χ0) is 26.7. The number of aliphatic hydroxyl groups excluding tert-OH is 2. The van der Waals surface area contributed by atoms with Crippen molar-refractivity contribution in [2.24, 2.45) is 11.3 Å². The van der Waals surface area contributed by atoms with Crippen LogP contribution in [-0.2, 0) is 6.42 Å². The number of rotatable bonds is 5. The highest BCUT2D eigenvalue weighted by Gasteiger charge is 2.39. The molecule has 1 heterocycles. The van der Waals surface area contributed by atoms with Gasteiger partial charge in [-0.05, 0) is 85.1 Å². The summed E-state index contributed by atoms with van der Waals surface area (Å²) in [5.41, 5.74) is 6.74. The number of pyridine rings is 1. The molecule has 1 saturated carbocycles. The number of hydrogen-bond donors (Lipinski definition) is 2. The Bertz CT molecular complexity index is 1100. The van der Waals surface area contributed by atoms with Crippen molar-refractivity contribution in [3.05, 3.63) is 69.8 Å². The lowest BCUT2D eigenvalue weighted by Crippen LogP contribution is -2.29. The molecule has 37 heavy (non-hydrogen) atoms. The lowest BCUT2D eigenvalue weighted by molar-refractivity contribution is 0.0972. The molecular formula is C33H46FNO2. The molecule has 1 fully saturated rings. The average molecular weight is 508 g/mol. The maximum Gasteiger partial charge on any atom is 0.123 e. The minimum Gasteiger partial charge on any atom is -0.388 e. The Morgan fingerprint density at radius 1 is 1.08 bits per heavy atom. The zero-order valence-electron chi connectivity index (χ0n) is 23.5. The molecule has 4 heteroatoms. The Hall–Kier alpha value is -2.04. The third-order valence-corrected chi connectivity index (χ3v) is 8.49. The number of aromatic nitrogens is 1. The topological polar surface area (TPSA) is 53.4 Å². The monoisotopic (exact) mass is 507 g/mol. The number of halogens is 1. The molecule has 3 aliphatic carbocycles. The highest BCUT2D eigenvalue weighted by Crippen LogP contribution is 2.50. The van der Waals surface area contributed by atoms with Gasteiger partial charge in [-0.15, -0.1) is 0 Å². The van der Waals surface area contributed by atoms with Gasteiger partial charge < -0.3 is 10.2 Å². The Balaban J connectivity index is 0.000000586. The molecule has 0 bridgehead atoms. The third-order valence-electron chi connectivity index (χ3n) is 8.49. The van der Waals surface area contributed by atoms with Crippen LogP contribution in [0.25, 0.3) is 5.57 Å². The number of fused-ring (bicyclic) bond motifs is 1. The van der Waals surface area contributed by atoms with E-state index >= 15 is 0 Å². The van der Waals surface area contributed by atoms with Crippen molar-refractivity contribution >= 4 is 5.57 Å². The molecule has 0 saturated heterocycles. The van der Waals surface area contributed by atoms with Crippen molar-refractivity contribution in [1.29, 1.82) is 0 Å². The van der Waals surface area contributed by atoms with Crippen LogP contribution in [-0.4, -0.2) is 15.2 Å². The van der Waals surface area contributed by atoms with Crippen molar-refractivity contribution in [3.63, 3.8) is 0 Å². The van der Waals surface area contributed by atoms with Gasteiger partial charge in [-0.1, -0.05) is 72.1 Å². The predicted molar refractivity (Wildman–Crippen MR) is 150 cm³/mol. The molecule has 3 nitrogen and oxygen atoms in total. The lowest BCUT2D eigenvalue weighted by atomic mass is 9.71. The van der Waals surface area contributed by atoms with Crippen LogP contribution in [0.4, 0.5) is 4.39 Å². The van der Waals surface area contributed by atoms with Crippen LogP contribution in [0, 0.1) is 17.2 Å². The van der Waals surface area contributed by atoms with Crippen molar-refractivity contribution < 1.29 is 14.6 Å². The summed E-state index contributed by atoms with van der Waals surface area (Å²) in [6.45, 7) is 11.0. The number of aliphatic hydroxyl groups is 2. The maximum absolute atomic E-state index is 13.6. The number of benzene rings is 1. The second-order valence-electron chi connectivity index (χ2n) is 12.6. The molecule has 1 aromatic carbocycles. The first-order valence-corrected chi connectivity index (χ1v) is 14.5. The quantitative estimate of drug-likeness (QED) is 0.426. The molecule has 0 amide bonds. The van der Waals surface area contributed by atoms with E-state index in [0.717, 1.165) is 72.5 Å². The second-order valence-corrected chi connectivity index (χ2v) is 12.6. The highest BCUT2D eigenvalue weighted by molar-refractivity contribution is 5.75. The Morgan fingerprint density at radius 3 is 2.30 bits per heavy atom. The molecule has 202 valence electrons. The molecule has 2 N–H and O–H groups in total. The number of allylic oxidation sites excluding steroid dienone is 2. The van der Waals surface area contributed by atoms with Crippen LogP contribution in [0.15, 0.2) is 30.3 Å². The molecule has 5 rings (SSSR count). The summed E-state index contributed by atoms with van der Waals surface area (Å²) in [5.74, 6) is 0.903. The van der Waals surface area contributed by atoms with Gasteiger partial charge in [-0.2, -0.15) is 0 Å². The Morgan fingerprint density at radius 2 is 1.73 bits per heavy atom. The summed E-state index contributed by atoms with van der Waals surface area (Å²) in [5, 5.41) is 23.0. The first kappa shape index (κ1) is 28.0. The largest absolute Gasteiger partial charge is 0.388 e. The standard InChI is InChI=1S/C28H34FNO2.C5H12/c1-28(2)15-21-24(22(31)16-28)23(17-7-3-4-8-17)25(26(30-21)18-9-5-6-10-18)27(32)19-11-13-20(29)14-12-19;1-4-5(2)3/h7,11-14,18,22,27,31-32H,3-6,8-10,15-16H2,1-2H3;5H,4H2,1-3H3. The van der Waals surface area contributed by atoms with E-state index in [-0.39, 0.29) is 11.2 Å². The minimum atomic E-state index is -0.886. The van der Waals surface area contributed by atoms with E-state index in [2.05, 4.69) is 40.7 Å². The van der Waals surface area contributed by atoms with Gasteiger partial charge in [-0.3, -0.25) is 4.98 Å². The minimum absolute atomic E-state index is 0.00915. The lowest BCUT2D eigenvalue weighted by Gasteiger charge is -2.38. The van der Waals surface area contributed by atoms with E-state index in [1.165, 1.54) is 37.0 Å². The van der Waals surface area contributed by atoms with Crippen LogP contribution >= 0.6 is 0 Å². The van der Waals surface area contributed by atoms with Gasteiger partial charge in [-0.25, -0.2) is 4.39 Å². The summed E-state index contributed by atoms with van der Waals surface area (Å²) in [6, 6.07) is 6.16. The maximum atomic E-state index is 13.6. The smallest absolute Gasteiger partial charge is 0.123 e. The normalized spacial score (nSPS) is 21.9. The van der Waals surface area contributed by atoms with Gasteiger partial charge in [0.25, 0.3) is 0 Å². The summed E-state index contributed by atoms with van der Waals surface area (Å²) in [7, 11) is 0. The second kappa shape index (κ2) is 11.8. The predicted octanol–water partition coefficient (Wildman–Crippen LogP) is 8.59. The molecule has 1 aromatic heterocycles. The van der Waals surface area contributed by atoms with Crippen LogP contribution in [0.1, 0.15) is 144 Å². The fourth-order valence-electron chi connectivity index (χ4n) is 6.17. The summed E-state index contributed by atoms with van der Waals surface area (Å²) in [6.07, 6.45) is 11.3. The van der Waals surface area contributed by atoms with Gasteiger partial charge in [0.05, 0.1) is 11.8 Å². The van der Waals surface area contributed by atoms with E-state index in [1.807, 2.05) is 0 Å².